The van der Waals surface area contributed by atoms with Gasteiger partial charge in [0.1, 0.15) is 6.02 Å². The van der Waals surface area contributed by atoms with Crippen LogP contribution in [0.5, 0.6) is 11.5 Å². The van der Waals surface area contributed by atoms with Crippen LogP contribution in [-0.2, 0) is 16.0 Å². The van der Waals surface area contributed by atoms with Gasteiger partial charge in [0, 0.05) is 34.1 Å². The zero-order valence-corrected chi connectivity index (χ0v) is 14.5. The molecule has 3 aromatic rings. The van der Waals surface area contributed by atoms with E-state index in [2.05, 4.69) is 4.98 Å². The molecule has 1 aromatic heterocycles. The Kier molecular flexibility index (Phi) is 1.61. The number of hydrogen-bond acceptors (Lipinski definition) is 4. The molecule has 1 N–H and O–H groups in total. The molecule has 0 aliphatic carbocycles. The van der Waals surface area contributed by atoms with Gasteiger partial charge in [-0.05, 0) is 29.3 Å². The maximum absolute atomic E-state index is 13.9. The largest absolute Gasteiger partial charge is 0.454 e. The molecule has 3 aliphatic rings. The Labute approximate surface area is 185 Å². The number of rotatable bonds is 1. The Morgan fingerprint density at radius 1 is 1.24 bits per heavy atom. The van der Waals surface area contributed by atoms with Crippen LogP contribution in [0.4, 0.5) is 0 Å². The fourth-order valence-corrected chi connectivity index (χ4v) is 3.83. The van der Waals surface area contributed by atoms with Crippen molar-refractivity contribution in [2.75, 3.05) is 20.3 Å². The van der Waals surface area contributed by atoms with E-state index in [1.165, 1.54) is 0 Å². The van der Waals surface area contributed by atoms with Gasteiger partial charge in [-0.2, -0.15) is 0 Å². The molecule has 1 fully saturated rings. The van der Waals surface area contributed by atoms with E-state index >= 15 is 0 Å². The summed E-state index contributed by atoms with van der Waals surface area (Å²) in [5.41, 5.74) is -0.965. The van der Waals surface area contributed by atoms with Crippen LogP contribution in [-0.4, -0.2) is 52.9 Å². The molecule has 146 valence electrons. The zero-order chi connectivity index (χ0) is 31.0. The lowest BCUT2D eigenvalue weighted by atomic mass is 9.86. The molecule has 7 nitrogen and oxygen atoms in total. The van der Waals surface area contributed by atoms with Gasteiger partial charge in [-0.15, -0.1) is 0 Å². The number of piperazine rings is 1. The first kappa shape index (κ1) is 8.10. The van der Waals surface area contributed by atoms with E-state index in [-0.39, 0.29) is 38.6 Å². The molecule has 7 heteroatoms. The summed E-state index contributed by atoms with van der Waals surface area (Å²) in [6, 6.07) is -9.10. The zero-order valence-electron chi connectivity index (χ0n) is 27.5. The number of carbonyl (C=O) groups is 2. The number of hydrogen-bond donors (Lipinski definition) is 1. The third kappa shape index (κ3) is 2.24. The minimum atomic E-state index is -3.52. The van der Waals surface area contributed by atoms with Crippen LogP contribution in [0.1, 0.15) is 40.7 Å². The van der Waals surface area contributed by atoms with E-state index in [1.807, 2.05) is 0 Å². The van der Waals surface area contributed by atoms with E-state index in [0.717, 1.165) is 0 Å². The number of benzene rings is 2. The first-order chi connectivity index (χ1) is 19.4. The summed E-state index contributed by atoms with van der Waals surface area (Å²) in [5.74, 6) is -3.85. The number of aromatic amines is 1. The lowest BCUT2D eigenvalue weighted by Gasteiger charge is -2.46. The number of para-hydroxylation sites is 1. The Hall–Kier alpha value is -3.48. The van der Waals surface area contributed by atoms with Gasteiger partial charge in [-0.25, -0.2) is 0 Å². The normalized spacial score (nSPS) is 33.9. The van der Waals surface area contributed by atoms with E-state index in [4.69, 9.17) is 25.9 Å². The van der Waals surface area contributed by atoms with Crippen LogP contribution in [0.3, 0.4) is 0 Å². The van der Waals surface area contributed by atoms with Crippen molar-refractivity contribution in [1.82, 2.24) is 14.8 Å². The molecule has 0 bridgehead atoms. The molecule has 2 atom stereocenters. The van der Waals surface area contributed by atoms with Crippen LogP contribution in [0.15, 0.2) is 42.3 Å². The highest BCUT2D eigenvalue weighted by molar-refractivity contribution is 5.97. The highest BCUT2D eigenvalue weighted by Gasteiger charge is 2.47. The second-order valence-corrected chi connectivity index (χ2v) is 6.57. The number of H-pyrrole nitrogens is 1. The Balaban J connectivity index is 1.77. The maximum atomic E-state index is 13.9. The summed E-state index contributed by atoms with van der Waals surface area (Å²) in [6.07, 6.45) is -0.826. The summed E-state index contributed by atoms with van der Waals surface area (Å²) in [7, 11) is 0. The molecule has 3 aliphatic heterocycles. The van der Waals surface area contributed by atoms with Gasteiger partial charge in [0.15, 0.2) is 11.5 Å². The highest BCUT2D eigenvalue weighted by atomic mass is 16.7. The quantitative estimate of drug-likeness (QED) is 0.677. The number of carbonyl (C=O) groups excluding carboxylic acids is 2. The lowest BCUT2D eigenvalue weighted by molar-refractivity contribution is -0.157. The second kappa shape index (κ2) is 5.76. The predicted octanol–water partition coefficient (Wildman–Crippen LogP) is 2.21. The van der Waals surface area contributed by atoms with Crippen LogP contribution in [0.2, 0.25) is 0 Å². The summed E-state index contributed by atoms with van der Waals surface area (Å²) in [5, 5.41) is -0.175. The van der Waals surface area contributed by atoms with Crippen LogP contribution < -0.4 is 9.47 Å². The van der Waals surface area contributed by atoms with Gasteiger partial charge in [0.05, 0.1) is 26.2 Å². The monoisotopic (exact) mass is 402 g/mol. The van der Waals surface area contributed by atoms with Crippen molar-refractivity contribution in [3.05, 3.63) is 59.1 Å². The molecule has 0 radical (unpaired) electrons. The van der Waals surface area contributed by atoms with E-state index in [9.17, 15) is 11.0 Å². The molecule has 2 aromatic carbocycles. The molecule has 4 heterocycles. The Bertz CT molecular complexity index is 1770. The standard InChI is InChI=1S/C22H19N3O4/c1-24-10-19(26)25-16(22(24)27)9-14-13-4-2-3-5-15(13)23-20(14)21(25)12-6-7-17-18(8-12)29-11-28-17/h2-8,16,21,23H,9-11H2,1H3/t16-,21?/m1/s1/i1D3,2D,3D,4D,5D,6D,7D,8D,10D2,16D. The molecular formula is C22H19N3O4. The highest BCUT2D eigenvalue weighted by Crippen LogP contribution is 2.44. The number of nitrogens with zero attached hydrogens (tertiary/aromatic N) is 2. The summed E-state index contributed by atoms with van der Waals surface area (Å²) in [4.78, 5) is 30.6. The van der Waals surface area contributed by atoms with Crippen LogP contribution >= 0.6 is 0 Å². The molecular weight excluding hydrogens is 370 g/mol. The topological polar surface area (TPSA) is 74.9 Å². The van der Waals surface area contributed by atoms with E-state index in [1.54, 1.807) is 0 Å². The number of nitrogens with one attached hydrogen (secondary N) is 1. The molecule has 29 heavy (non-hydrogen) atoms. The van der Waals surface area contributed by atoms with Gasteiger partial charge in [-0.1, -0.05) is 24.2 Å². The molecule has 6 rings (SSSR count). The third-order valence-corrected chi connectivity index (χ3v) is 5.06. The van der Waals surface area contributed by atoms with Crippen molar-refractivity contribution in [2.24, 2.45) is 0 Å². The van der Waals surface area contributed by atoms with Gasteiger partial charge in [0.2, 0.25) is 18.6 Å². The smallest absolute Gasteiger partial charge is 0.245 e. The Morgan fingerprint density at radius 2 is 2.10 bits per heavy atom. The maximum Gasteiger partial charge on any atom is 0.245 e. The third-order valence-electron chi connectivity index (χ3n) is 5.06. The molecule has 1 saturated heterocycles. The van der Waals surface area contributed by atoms with Crippen molar-refractivity contribution in [3.63, 3.8) is 0 Å². The molecule has 0 spiro atoms. The average Bonchev–Trinajstić information content (AvgIpc) is 3.53. The van der Waals surface area contributed by atoms with Crippen molar-refractivity contribution < 1.29 is 36.9 Å². The number of likely N-dealkylation sites (N-methyl/N-ethyl adjacent to an activating group) is 1. The van der Waals surface area contributed by atoms with Gasteiger partial charge >= 0.3 is 0 Å². The molecule has 1 unspecified atom stereocenters. The van der Waals surface area contributed by atoms with Crippen molar-refractivity contribution >= 4 is 22.7 Å². The van der Waals surface area contributed by atoms with Crippen molar-refractivity contribution in [1.29, 1.82) is 0 Å². The summed E-state index contributed by atoms with van der Waals surface area (Å²) >= 11 is 0. The van der Waals surface area contributed by atoms with E-state index in [0.29, 0.717) is 4.90 Å². The molecule has 2 amide bonds. The lowest BCUT2D eigenvalue weighted by Crippen LogP contribution is -2.62. The van der Waals surface area contributed by atoms with E-state index < -0.39 is 98.4 Å². The Morgan fingerprint density at radius 3 is 3.00 bits per heavy atom. The van der Waals surface area contributed by atoms with Crippen molar-refractivity contribution in [2.45, 2.75) is 18.5 Å². The van der Waals surface area contributed by atoms with Crippen molar-refractivity contribution in [3.8, 4) is 11.5 Å². The first-order valence-electron chi connectivity index (χ1n) is 15.1. The van der Waals surface area contributed by atoms with Gasteiger partial charge < -0.3 is 24.3 Å². The molecule has 0 saturated carbocycles. The average molecular weight is 402 g/mol. The number of aromatic nitrogens is 1. The number of amides is 2. The van der Waals surface area contributed by atoms with Crippen LogP contribution in [0, 0.1) is 0 Å². The number of fused-ring (bicyclic) bond motifs is 5. The second-order valence-electron chi connectivity index (χ2n) is 6.57. The minimum absolute atomic E-state index is 0.106. The first-order valence-corrected chi connectivity index (χ1v) is 8.55. The SMILES string of the molecule is [2H]c1c([2H])c(C2c3[nH]c4c([2H])c([2H])c([2H])c([2H])c4c3C[C@]3([2H])C(=O)N(C([2H])([2H])[2H])C([2H])([2H])C(=O)N23)c([2H])c2c1OCO2. The predicted molar refractivity (Wildman–Crippen MR) is 105 cm³/mol. The fraction of sp³-hybridized carbons (Fsp3) is 0.273. The van der Waals surface area contributed by atoms with Gasteiger partial charge in [-0.3, -0.25) is 9.59 Å². The fourth-order valence-electron chi connectivity index (χ4n) is 3.83. The minimum Gasteiger partial charge on any atom is -0.454 e. The van der Waals surface area contributed by atoms with Crippen LogP contribution in [0.25, 0.3) is 10.9 Å². The number of ether oxygens (including phenoxy) is 2. The summed E-state index contributed by atoms with van der Waals surface area (Å²) < 4.78 is 119. The van der Waals surface area contributed by atoms with Gasteiger partial charge in [0.25, 0.3) is 0 Å². The summed E-state index contributed by atoms with van der Waals surface area (Å²) in [6.45, 7) is -7.44.